The summed E-state index contributed by atoms with van der Waals surface area (Å²) in [4.78, 5) is 17.1. The number of aryl methyl sites for hydroxylation is 2. The Balaban J connectivity index is 1.36. The summed E-state index contributed by atoms with van der Waals surface area (Å²) in [7, 11) is -3.45. The zero-order chi connectivity index (χ0) is 19.6. The second-order valence-corrected chi connectivity index (χ2v) is 11.6. The van der Waals surface area contributed by atoms with E-state index in [2.05, 4.69) is 10.8 Å². The van der Waals surface area contributed by atoms with E-state index in [0.29, 0.717) is 30.1 Å². The number of nitrogens with one attached hydrogen (secondary N) is 1. The summed E-state index contributed by atoms with van der Waals surface area (Å²) >= 11 is 2.89. The minimum absolute atomic E-state index is 0.108. The Morgan fingerprint density at radius 1 is 1.11 bits per heavy atom. The maximum atomic E-state index is 13.0. The number of fused-ring (bicyclic) bond motifs is 1. The van der Waals surface area contributed by atoms with Crippen molar-refractivity contribution in [2.45, 2.75) is 61.6 Å². The van der Waals surface area contributed by atoms with Gasteiger partial charge in [-0.25, -0.2) is 13.1 Å². The standard InChI is InChI=1S/C20H26N2O3S3/c23-20(18-14-15-6-3-1-2-4-7-17(15)27-18)22-11-9-16(10-12-22)21-28(24,25)19-8-5-13-26-19/h5,8,13-14,16,21H,1-4,6-7,9-12H2. The van der Waals surface area contributed by atoms with Gasteiger partial charge in [0.15, 0.2) is 0 Å². The SMILES string of the molecule is O=C(c1cc2c(s1)CCCCCC2)N1CCC(NS(=O)(=O)c2cccs2)CC1. The van der Waals surface area contributed by atoms with Crippen molar-refractivity contribution in [2.75, 3.05) is 13.1 Å². The number of carbonyl (C=O) groups is 1. The fourth-order valence-electron chi connectivity index (χ4n) is 4.00. The number of thiophene rings is 2. The van der Waals surface area contributed by atoms with Crippen LogP contribution in [0.1, 0.15) is 58.6 Å². The van der Waals surface area contributed by atoms with Crippen LogP contribution in [0.4, 0.5) is 0 Å². The predicted octanol–water partition coefficient (Wildman–Crippen LogP) is 4.05. The Morgan fingerprint density at radius 3 is 2.57 bits per heavy atom. The third-order valence-electron chi connectivity index (χ3n) is 5.57. The topological polar surface area (TPSA) is 66.5 Å². The summed E-state index contributed by atoms with van der Waals surface area (Å²) < 4.78 is 27.9. The van der Waals surface area contributed by atoms with Crippen molar-refractivity contribution < 1.29 is 13.2 Å². The molecule has 1 N–H and O–H groups in total. The first-order valence-electron chi connectivity index (χ1n) is 9.99. The summed E-state index contributed by atoms with van der Waals surface area (Å²) in [5, 5.41) is 1.76. The number of amides is 1. The van der Waals surface area contributed by atoms with E-state index < -0.39 is 10.0 Å². The van der Waals surface area contributed by atoms with E-state index in [-0.39, 0.29) is 11.9 Å². The van der Waals surface area contributed by atoms with Crippen LogP contribution in [0.5, 0.6) is 0 Å². The van der Waals surface area contributed by atoms with Gasteiger partial charge in [-0.15, -0.1) is 22.7 Å². The van der Waals surface area contributed by atoms with Gasteiger partial charge in [-0.1, -0.05) is 18.9 Å². The first-order chi connectivity index (χ1) is 13.5. The average molecular weight is 439 g/mol. The highest BCUT2D eigenvalue weighted by Crippen LogP contribution is 2.30. The molecule has 0 saturated carbocycles. The molecule has 0 aromatic carbocycles. The van der Waals surface area contributed by atoms with Gasteiger partial charge in [0.05, 0.1) is 4.88 Å². The lowest BCUT2D eigenvalue weighted by atomic mass is 9.99. The molecule has 5 nitrogen and oxygen atoms in total. The molecule has 1 fully saturated rings. The number of hydrogen-bond donors (Lipinski definition) is 1. The van der Waals surface area contributed by atoms with Crippen LogP contribution in [-0.2, 0) is 22.9 Å². The van der Waals surface area contributed by atoms with Crippen LogP contribution in [-0.4, -0.2) is 38.4 Å². The second kappa shape index (κ2) is 8.65. The molecule has 1 saturated heterocycles. The molecule has 0 radical (unpaired) electrons. The molecular formula is C20H26N2O3S3. The van der Waals surface area contributed by atoms with E-state index in [0.717, 1.165) is 17.7 Å². The molecule has 2 aromatic heterocycles. The zero-order valence-electron chi connectivity index (χ0n) is 15.9. The van der Waals surface area contributed by atoms with Gasteiger partial charge in [0.25, 0.3) is 5.91 Å². The molecule has 0 spiro atoms. The lowest BCUT2D eigenvalue weighted by Gasteiger charge is -2.31. The Kier molecular flexibility index (Phi) is 6.20. The minimum Gasteiger partial charge on any atom is -0.338 e. The maximum absolute atomic E-state index is 13.0. The third kappa shape index (κ3) is 4.50. The summed E-state index contributed by atoms with van der Waals surface area (Å²) in [5.41, 5.74) is 1.37. The molecule has 4 rings (SSSR count). The monoisotopic (exact) mass is 438 g/mol. The van der Waals surface area contributed by atoms with Gasteiger partial charge >= 0.3 is 0 Å². The van der Waals surface area contributed by atoms with E-state index in [1.54, 1.807) is 28.8 Å². The molecule has 2 aromatic rings. The summed E-state index contributed by atoms with van der Waals surface area (Å²) in [5.74, 6) is 0.108. The van der Waals surface area contributed by atoms with Crippen LogP contribution < -0.4 is 4.72 Å². The van der Waals surface area contributed by atoms with Gasteiger partial charge in [0.1, 0.15) is 4.21 Å². The van der Waals surface area contributed by atoms with E-state index in [1.807, 2.05) is 4.90 Å². The number of nitrogens with zero attached hydrogens (tertiary/aromatic N) is 1. The van der Waals surface area contributed by atoms with Crippen molar-refractivity contribution in [1.82, 2.24) is 9.62 Å². The molecule has 8 heteroatoms. The van der Waals surface area contributed by atoms with Gasteiger partial charge in [0, 0.05) is 24.0 Å². The maximum Gasteiger partial charge on any atom is 0.263 e. The number of rotatable bonds is 4. The van der Waals surface area contributed by atoms with Gasteiger partial charge < -0.3 is 4.90 Å². The zero-order valence-corrected chi connectivity index (χ0v) is 18.3. The van der Waals surface area contributed by atoms with Gasteiger partial charge in [0.2, 0.25) is 10.0 Å². The van der Waals surface area contributed by atoms with Crippen LogP contribution in [0.25, 0.3) is 0 Å². The van der Waals surface area contributed by atoms with E-state index in [1.165, 1.54) is 47.5 Å². The molecule has 3 heterocycles. The highest BCUT2D eigenvalue weighted by Gasteiger charge is 2.28. The highest BCUT2D eigenvalue weighted by molar-refractivity contribution is 7.91. The fraction of sp³-hybridized carbons (Fsp3) is 0.550. The third-order valence-corrected chi connectivity index (χ3v) is 9.71. The van der Waals surface area contributed by atoms with Crippen molar-refractivity contribution in [3.63, 3.8) is 0 Å². The summed E-state index contributed by atoms with van der Waals surface area (Å²) in [6.45, 7) is 1.19. The van der Waals surface area contributed by atoms with Crippen molar-refractivity contribution in [3.8, 4) is 0 Å². The average Bonchev–Trinajstić information content (AvgIpc) is 3.32. The van der Waals surface area contributed by atoms with E-state index in [4.69, 9.17) is 0 Å². The Bertz CT molecular complexity index is 885. The van der Waals surface area contributed by atoms with Gasteiger partial charge in [-0.2, -0.15) is 0 Å². The molecule has 2 aliphatic rings. The number of carbonyl (C=O) groups excluding carboxylic acids is 1. The molecule has 1 aliphatic carbocycles. The van der Waals surface area contributed by atoms with Crippen LogP contribution in [0.3, 0.4) is 0 Å². The molecule has 0 unspecified atom stereocenters. The van der Waals surface area contributed by atoms with Crippen molar-refractivity contribution in [2.24, 2.45) is 0 Å². The number of sulfonamides is 1. The largest absolute Gasteiger partial charge is 0.338 e. The number of piperidine rings is 1. The Hall–Kier alpha value is -1.22. The lowest BCUT2D eigenvalue weighted by molar-refractivity contribution is 0.0716. The normalized spacial score (nSPS) is 19.1. The molecule has 0 atom stereocenters. The number of likely N-dealkylation sites (tertiary alicyclic amines) is 1. The molecule has 1 amide bonds. The van der Waals surface area contributed by atoms with Crippen molar-refractivity contribution >= 4 is 38.6 Å². The van der Waals surface area contributed by atoms with Crippen LogP contribution in [0.2, 0.25) is 0 Å². The van der Waals surface area contributed by atoms with Gasteiger partial charge in [-0.05, 0) is 61.6 Å². The first kappa shape index (κ1) is 20.1. The molecular weight excluding hydrogens is 412 g/mol. The Labute approximate surface area is 174 Å². The van der Waals surface area contributed by atoms with Crippen LogP contribution >= 0.6 is 22.7 Å². The predicted molar refractivity (Wildman–Crippen MR) is 114 cm³/mol. The van der Waals surface area contributed by atoms with Crippen LogP contribution in [0, 0.1) is 0 Å². The quantitative estimate of drug-likeness (QED) is 0.783. The summed E-state index contributed by atoms with van der Waals surface area (Å²) in [6, 6.07) is 5.36. The lowest BCUT2D eigenvalue weighted by Crippen LogP contribution is -2.46. The van der Waals surface area contributed by atoms with E-state index in [9.17, 15) is 13.2 Å². The number of hydrogen-bond acceptors (Lipinski definition) is 5. The first-order valence-corrected chi connectivity index (χ1v) is 13.2. The van der Waals surface area contributed by atoms with Crippen LogP contribution in [0.15, 0.2) is 27.8 Å². The molecule has 1 aliphatic heterocycles. The van der Waals surface area contributed by atoms with Gasteiger partial charge in [-0.3, -0.25) is 4.79 Å². The molecule has 28 heavy (non-hydrogen) atoms. The smallest absolute Gasteiger partial charge is 0.263 e. The van der Waals surface area contributed by atoms with Crippen molar-refractivity contribution in [1.29, 1.82) is 0 Å². The van der Waals surface area contributed by atoms with E-state index >= 15 is 0 Å². The summed E-state index contributed by atoms with van der Waals surface area (Å²) in [6.07, 6.45) is 8.50. The molecule has 152 valence electrons. The highest BCUT2D eigenvalue weighted by atomic mass is 32.2. The second-order valence-electron chi connectivity index (χ2n) is 7.59. The van der Waals surface area contributed by atoms with Crippen molar-refractivity contribution in [3.05, 3.63) is 38.9 Å². The molecule has 0 bridgehead atoms. The Morgan fingerprint density at radius 2 is 1.86 bits per heavy atom. The minimum atomic E-state index is -3.45. The fourth-order valence-corrected chi connectivity index (χ4v) is 7.54.